The molecule has 0 aliphatic carbocycles. The van der Waals surface area contributed by atoms with Crippen LogP contribution in [0.2, 0.25) is 0 Å². The molecule has 1 rings (SSSR count). The van der Waals surface area contributed by atoms with Crippen LogP contribution in [0, 0.1) is 11.3 Å². The standard InChI is InChI=1S/C16H30N4O/c1-5-13(15-18-10-11-19-15)20-14(21)7-6-12(8-9-17)16(2,3)4/h10-13H,5-9,17H2,1-4H3,(H,18,19)(H,20,21). The molecular weight excluding hydrogens is 264 g/mol. The molecule has 2 atom stereocenters. The maximum absolute atomic E-state index is 12.2. The summed E-state index contributed by atoms with van der Waals surface area (Å²) in [6.07, 6.45) is 6.69. The number of amides is 1. The Bertz CT molecular complexity index is 408. The van der Waals surface area contributed by atoms with Gasteiger partial charge >= 0.3 is 0 Å². The predicted octanol–water partition coefficient (Wildman–Crippen LogP) is 2.77. The highest BCUT2D eigenvalue weighted by molar-refractivity contribution is 5.76. The summed E-state index contributed by atoms with van der Waals surface area (Å²) in [6.45, 7) is 9.35. The maximum Gasteiger partial charge on any atom is 0.220 e. The largest absolute Gasteiger partial charge is 0.347 e. The summed E-state index contributed by atoms with van der Waals surface area (Å²) in [7, 11) is 0. The minimum absolute atomic E-state index is 0.0323. The van der Waals surface area contributed by atoms with E-state index in [2.05, 4.69) is 36.1 Å². The summed E-state index contributed by atoms with van der Waals surface area (Å²) in [5.41, 5.74) is 5.87. The molecule has 5 nitrogen and oxygen atoms in total. The van der Waals surface area contributed by atoms with Crippen LogP contribution in [0.5, 0.6) is 0 Å². The molecule has 0 bridgehead atoms. The Labute approximate surface area is 128 Å². The highest BCUT2D eigenvalue weighted by atomic mass is 16.1. The number of H-pyrrole nitrogens is 1. The number of carbonyl (C=O) groups excluding carboxylic acids is 1. The van der Waals surface area contributed by atoms with Crippen LogP contribution < -0.4 is 11.1 Å². The van der Waals surface area contributed by atoms with Gasteiger partial charge in [-0.25, -0.2) is 4.98 Å². The molecule has 5 heteroatoms. The van der Waals surface area contributed by atoms with Crippen molar-refractivity contribution in [1.29, 1.82) is 0 Å². The zero-order chi connectivity index (χ0) is 15.9. The molecule has 2 unspecified atom stereocenters. The van der Waals surface area contributed by atoms with Crippen molar-refractivity contribution in [3.63, 3.8) is 0 Å². The van der Waals surface area contributed by atoms with Gasteiger partial charge in [0.1, 0.15) is 5.82 Å². The summed E-state index contributed by atoms with van der Waals surface area (Å²) in [4.78, 5) is 19.4. The first-order valence-corrected chi connectivity index (χ1v) is 7.87. The molecule has 0 saturated carbocycles. The molecule has 0 aliphatic heterocycles. The minimum Gasteiger partial charge on any atom is -0.347 e. The van der Waals surface area contributed by atoms with E-state index in [1.54, 1.807) is 12.4 Å². The van der Waals surface area contributed by atoms with Gasteiger partial charge in [-0.3, -0.25) is 4.79 Å². The Hall–Kier alpha value is -1.36. The van der Waals surface area contributed by atoms with Crippen LogP contribution in [-0.2, 0) is 4.79 Å². The minimum atomic E-state index is -0.0323. The number of hydrogen-bond donors (Lipinski definition) is 3. The molecule has 0 fully saturated rings. The third-order valence-electron chi connectivity index (χ3n) is 4.05. The van der Waals surface area contributed by atoms with Crippen LogP contribution in [0.4, 0.5) is 0 Å². The molecule has 1 heterocycles. The zero-order valence-electron chi connectivity index (χ0n) is 13.8. The van der Waals surface area contributed by atoms with Gasteiger partial charge < -0.3 is 16.0 Å². The lowest BCUT2D eigenvalue weighted by atomic mass is 9.76. The molecule has 0 saturated heterocycles. The van der Waals surface area contributed by atoms with Crippen LogP contribution in [0.25, 0.3) is 0 Å². The second kappa shape index (κ2) is 8.17. The predicted molar refractivity (Wildman–Crippen MR) is 85.6 cm³/mol. The topological polar surface area (TPSA) is 83.8 Å². The molecule has 0 aliphatic rings. The van der Waals surface area contributed by atoms with Gasteiger partial charge in [0, 0.05) is 18.8 Å². The van der Waals surface area contributed by atoms with Crippen LogP contribution in [0.1, 0.15) is 65.2 Å². The lowest BCUT2D eigenvalue weighted by Gasteiger charge is -2.30. The number of imidazole rings is 1. The van der Waals surface area contributed by atoms with Gasteiger partial charge in [0.2, 0.25) is 5.91 Å². The van der Waals surface area contributed by atoms with Gasteiger partial charge in [-0.2, -0.15) is 0 Å². The van der Waals surface area contributed by atoms with E-state index >= 15 is 0 Å². The van der Waals surface area contributed by atoms with Crippen LogP contribution in [-0.4, -0.2) is 22.4 Å². The van der Waals surface area contributed by atoms with E-state index in [1.165, 1.54) is 0 Å². The van der Waals surface area contributed by atoms with Gasteiger partial charge in [-0.05, 0) is 37.1 Å². The van der Waals surface area contributed by atoms with Crippen molar-refractivity contribution in [3.8, 4) is 0 Å². The summed E-state index contributed by atoms with van der Waals surface area (Å²) in [5.74, 6) is 1.38. The smallest absolute Gasteiger partial charge is 0.220 e. The number of aromatic amines is 1. The van der Waals surface area contributed by atoms with E-state index in [0.29, 0.717) is 18.9 Å². The van der Waals surface area contributed by atoms with Gasteiger partial charge in [0.05, 0.1) is 6.04 Å². The van der Waals surface area contributed by atoms with E-state index < -0.39 is 0 Å². The van der Waals surface area contributed by atoms with Crippen LogP contribution >= 0.6 is 0 Å². The maximum atomic E-state index is 12.2. The molecule has 0 spiro atoms. The fraction of sp³-hybridized carbons (Fsp3) is 0.750. The fourth-order valence-electron chi connectivity index (χ4n) is 2.62. The number of carbonyl (C=O) groups is 1. The fourth-order valence-corrected chi connectivity index (χ4v) is 2.62. The molecule has 1 aromatic heterocycles. The van der Waals surface area contributed by atoms with E-state index in [-0.39, 0.29) is 17.4 Å². The molecular formula is C16H30N4O. The summed E-state index contributed by atoms with van der Waals surface area (Å²) in [5, 5.41) is 3.05. The molecule has 4 N–H and O–H groups in total. The van der Waals surface area contributed by atoms with Gasteiger partial charge in [0.25, 0.3) is 0 Å². The highest BCUT2D eigenvalue weighted by Gasteiger charge is 2.25. The second-order valence-corrected chi connectivity index (χ2v) is 6.68. The number of nitrogens with zero attached hydrogens (tertiary/aromatic N) is 1. The number of nitrogens with two attached hydrogens (primary N) is 1. The normalized spacial score (nSPS) is 14.7. The van der Waals surface area contributed by atoms with Crippen molar-refractivity contribution in [2.75, 3.05) is 6.54 Å². The quantitative estimate of drug-likeness (QED) is 0.689. The molecule has 1 amide bonds. The van der Waals surface area contributed by atoms with E-state index in [1.807, 2.05) is 6.92 Å². The van der Waals surface area contributed by atoms with Gasteiger partial charge in [-0.1, -0.05) is 27.7 Å². The number of rotatable bonds is 8. The first kappa shape index (κ1) is 17.7. The third kappa shape index (κ3) is 5.87. The van der Waals surface area contributed by atoms with Gasteiger partial charge in [-0.15, -0.1) is 0 Å². The highest BCUT2D eigenvalue weighted by Crippen LogP contribution is 2.32. The summed E-state index contributed by atoms with van der Waals surface area (Å²) in [6, 6.07) is -0.0323. The Morgan fingerprint density at radius 1 is 1.43 bits per heavy atom. The average Bonchev–Trinajstić information content (AvgIpc) is 2.93. The lowest BCUT2D eigenvalue weighted by molar-refractivity contribution is -0.122. The molecule has 0 radical (unpaired) electrons. The zero-order valence-corrected chi connectivity index (χ0v) is 13.8. The third-order valence-corrected chi connectivity index (χ3v) is 4.05. The van der Waals surface area contributed by atoms with E-state index in [0.717, 1.165) is 25.1 Å². The van der Waals surface area contributed by atoms with Gasteiger partial charge in [0.15, 0.2) is 0 Å². The first-order valence-electron chi connectivity index (χ1n) is 7.87. The van der Waals surface area contributed by atoms with Crippen molar-refractivity contribution in [2.45, 2.75) is 59.4 Å². The molecule has 21 heavy (non-hydrogen) atoms. The second-order valence-electron chi connectivity index (χ2n) is 6.68. The monoisotopic (exact) mass is 294 g/mol. The SMILES string of the molecule is CCC(NC(=O)CCC(CCN)C(C)(C)C)c1ncc[nH]1. The van der Waals surface area contributed by atoms with Crippen molar-refractivity contribution in [2.24, 2.45) is 17.1 Å². The van der Waals surface area contributed by atoms with Crippen LogP contribution in [0.3, 0.4) is 0 Å². The average molecular weight is 294 g/mol. The number of aromatic nitrogens is 2. The summed E-state index contributed by atoms with van der Waals surface area (Å²) >= 11 is 0. The molecule has 1 aromatic rings. The summed E-state index contributed by atoms with van der Waals surface area (Å²) < 4.78 is 0. The lowest BCUT2D eigenvalue weighted by Crippen LogP contribution is -2.30. The van der Waals surface area contributed by atoms with Crippen molar-refractivity contribution >= 4 is 5.91 Å². The van der Waals surface area contributed by atoms with E-state index in [9.17, 15) is 4.79 Å². The van der Waals surface area contributed by atoms with Crippen molar-refractivity contribution in [3.05, 3.63) is 18.2 Å². The Morgan fingerprint density at radius 2 is 2.14 bits per heavy atom. The molecule has 120 valence electrons. The number of nitrogens with one attached hydrogen (secondary N) is 2. The Morgan fingerprint density at radius 3 is 2.62 bits per heavy atom. The Kier molecular flexibility index (Phi) is 6.89. The molecule has 0 aromatic carbocycles. The van der Waals surface area contributed by atoms with Crippen molar-refractivity contribution < 1.29 is 4.79 Å². The van der Waals surface area contributed by atoms with Crippen molar-refractivity contribution in [1.82, 2.24) is 15.3 Å². The Balaban J connectivity index is 2.49. The number of hydrogen-bond acceptors (Lipinski definition) is 3. The van der Waals surface area contributed by atoms with Crippen LogP contribution in [0.15, 0.2) is 12.4 Å². The van der Waals surface area contributed by atoms with E-state index in [4.69, 9.17) is 5.73 Å². The first-order chi connectivity index (χ1) is 9.88.